The Bertz CT molecular complexity index is 1010. The molecule has 2 aromatic rings. The molecular formula is C19H19F3N5O2+. The minimum absolute atomic E-state index is 0.0783. The molecular weight excluding hydrogens is 387 g/mol. The molecule has 0 fully saturated rings. The van der Waals surface area contributed by atoms with Gasteiger partial charge in [0.05, 0.1) is 5.56 Å². The minimum atomic E-state index is -4.57. The van der Waals surface area contributed by atoms with Crippen LogP contribution in [0.5, 0.6) is 0 Å². The highest BCUT2D eigenvalue weighted by molar-refractivity contribution is 6.11. The highest BCUT2D eigenvalue weighted by Gasteiger charge is 2.48. The van der Waals surface area contributed by atoms with Gasteiger partial charge in [0.1, 0.15) is 5.41 Å². The zero-order valence-corrected chi connectivity index (χ0v) is 15.4. The van der Waals surface area contributed by atoms with Crippen LogP contribution in [-0.2, 0) is 16.4 Å². The van der Waals surface area contributed by atoms with Crippen molar-refractivity contribution >= 4 is 23.5 Å². The third-order valence-corrected chi connectivity index (χ3v) is 4.85. The Morgan fingerprint density at radius 2 is 1.86 bits per heavy atom. The van der Waals surface area contributed by atoms with Crippen LogP contribution >= 0.6 is 0 Å². The van der Waals surface area contributed by atoms with Gasteiger partial charge in [-0.25, -0.2) is 5.32 Å². The average molecular weight is 406 g/mol. The van der Waals surface area contributed by atoms with E-state index in [9.17, 15) is 22.8 Å². The van der Waals surface area contributed by atoms with Crippen molar-refractivity contribution < 1.29 is 27.9 Å². The van der Waals surface area contributed by atoms with E-state index in [1.807, 2.05) is 0 Å². The molecule has 0 saturated carbocycles. The quantitative estimate of drug-likeness (QED) is 0.243. The Morgan fingerprint density at radius 1 is 1.17 bits per heavy atom. The lowest BCUT2D eigenvalue weighted by molar-refractivity contribution is -0.472. The second kappa shape index (κ2) is 7.12. The second-order valence-corrected chi connectivity index (χ2v) is 6.83. The summed E-state index contributed by atoms with van der Waals surface area (Å²) in [5, 5.41) is 4.53. The van der Waals surface area contributed by atoms with Crippen LogP contribution in [0.25, 0.3) is 0 Å². The Balaban J connectivity index is 2.00. The Morgan fingerprint density at radius 3 is 2.52 bits per heavy atom. The van der Waals surface area contributed by atoms with Crippen LogP contribution in [0.4, 0.5) is 18.9 Å². The van der Waals surface area contributed by atoms with Crippen LogP contribution in [0.3, 0.4) is 0 Å². The molecule has 152 valence electrons. The Labute approximate surface area is 164 Å². The summed E-state index contributed by atoms with van der Waals surface area (Å²) in [5.41, 5.74) is 4.27. The van der Waals surface area contributed by atoms with Crippen LogP contribution < -0.4 is 26.9 Å². The summed E-state index contributed by atoms with van der Waals surface area (Å²) in [6, 6.07) is 10.9. The number of hydrazone groups is 1. The molecule has 0 spiro atoms. The molecule has 3 rings (SSSR count). The van der Waals surface area contributed by atoms with Crippen LogP contribution in [0.15, 0.2) is 48.5 Å². The number of alkyl halides is 3. The molecule has 7 nitrogen and oxygen atoms in total. The summed E-state index contributed by atoms with van der Waals surface area (Å²) < 4.78 is 39.1. The average Bonchev–Trinajstić information content (AvgIpc) is 3.01. The first-order valence-corrected chi connectivity index (χ1v) is 8.57. The van der Waals surface area contributed by atoms with Gasteiger partial charge in [-0.3, -0.25) is 21.2 Å². The third-order valence-electron chi connectivity index (χ3n) is 4.85. The number of carbonyl (C=O) groups is 2. The third kappa shape index (κ3) is 3.60. The fourth-order valence-corrected chi connectivity index (χ4v) is 3.32. The molecule has 2 aromatic carbocycles. The first-order chi connectivity index (χ1) is 13.6. The van der Waals surface area contributed by atoms with Gasteiger partial charge in [-0.05, 0) is 36.8 Å². The number of rotatable bonds is 2. The van der Waals surface area contributed by atoms with Gasteiger partial charge >= 0.3 is 12.1 Å². The first-order valence-electron chi connectivity index (χ1n) is 8.57. The SMILES string of the molecule is CC1(C(=O)N/C(N)=[NH+]/N)CN(C(=O)c2cccc(C(F)(F)F)c2)c2ccccc21. The number of para-hydroxylation sites is 1. The number of carbonyl (C=O) groups excluding carboxylic acids is 2. The highest BCUT2D eigenvalue weighted by Crippen LogP contribution is 2.41. The summed E-state index contributed by atoms with van der Waals surface area (Å²) in [4.78, 5) is 27.1. The molecule has 0 aromatic heterocycles. The van der Waals surface area contributed by atoms with Crippen LogP contribution in [0.2, 0.25) is 0 Å². The molecule has 1 heterocycles. The van der Waals surface area contributed by atoms with Gasteiger partial charge in [0.25, 0.3) is 11.8 Å². The molecule has 10 heteroatoms. The molecule has 1 atom stereocenters. The molecule has 0 aliphatic carbocycles. The van der Waals surface area contributed by atoms with Crippen molar-refractivity contribution in [2.45, 2.75) is 18.5 Å². The molecule has 2 amide bonds. The van der Waals surface area contributed by atoms with Gasteiger partial charge < -0.3 is 4.90 Å². The lowest BCUT2D eigenvalue weighted by Gasteiger charge is -2.22. The summed E-state index contributed by atoms with van der Waals surface area (Å²) in [7, 11) is 0. The van der Waals surface area contributed by atoms with Crippen molar-refractivity contribution in [2.75, 3.05) is 11.4 Å². The smallest absolute Gasteiger partial charge is 0.307 e. The Kier molecular flexibility index (Phi) is 4.95. The van der Waals surface area contributed by atoms with Crippen molar-refractivity contribution in [3.63, 3.8) is 0 Å². The number of nitrogens with zero attached hydrogens (tertiary/aromatic N) is 1. The normalized spacial score (nSPS) is 19.0. The maximum Gasteiger partial charge on any atom is 0.416 e. The summed E-state index contributed by atoms with van der Waals surface area (Å²) in [5.74, 6) is 3.85. The van der Waals surface area contributed by atoms with Crippen molar-refractivity contribution in [1.29, 1.82) is 0 Å². The molecule has 1 aliphatic rings. The maximum absolute atomic E-state index is 13.0. The van der Waals surface area contributed by atoms with E-state index in [2.05, 4.69) is 10.4 Å². The number of benzene rings is 2. The number of halogens is 3. The molecule has 0 radical (unpaired) electrons. The van der Waals surface area contributed by atoms with E-state index >= 15 is 0 Å². The number of fused-ring (bicyclic) bond motifs is 1. The fraction of sp³-hybridized carbons (Fsp3) is 0.211. The number of guanidine groups is 1. The molecule has 6 N–H and O–H groups in total. The van der Waals surface area contributed by atoms with E-state index in [1.54, 1.807) is 31.2 Å². The minimum Gasteiger partial charge on any atom is -0.307 e. The van der Waals surface area contributed by atoms with E-state index in [-0.39, 0.29) is 18.1 Å². The highest BCUT2D eigenvalue weighted by atomic mass is 19.4. The van der Waals surface area contributed by atoms with Crippen molar-refractivity contribution in [1.82, 2.24) is 5.32 Å². The molecule has 0 bridgehead atoms. The fourth-order valence-electron chi connectivity index (χ4n) is 3.32. The number of anilines is 1. The van der Waals surface area contributed by atoms with Crippen molar-refractivity contribution in [2.24, 2.45) is 11.6 Å². The van der Waals surface area contributed by atoms with Crippen LogP contribution in [0.1, 0.15) is 28.4 Å². The van der Waals surface area contributed by atoms with Crippen LogP contribution in [-0.4, -0.2) is 24.3 Å². The molecule has 29 heavy (non-hydrogen) atoms. The standard InChI is InChI=1S/C19H18F3N5O2/c1-18(16(29)25-17(23)26-24)10-27(14-8-3-2-7-13(14)18)15(28)11-5-4-6-12(9-11)19(20,21)22/h2-9H,10,24H2,1H3,(H3,23,25,26,29)/p+1. The van der Waals surface area contributed by atoms with Gasteiger partial charge in [-0.1, -0.05) is 24.3 Å². The second-order valence-electron chi connectivity index (χ2n) is 6.83. The van der Waals surface area contributed by atoms with E-state index in [4.69, 9.17) is 11.6 Å². The zero-order chi connectivity index (χ0) is 21.4. The maximum atomic E-state index is 13.0. The Hall–Kier alpha value is -3.56. The lowest BCUT2D eigenvalue weighted by Crippen LogP contribution is -2.85. The van der Waals surface area contributed by atoms with Gasteiger partial charge in [0.2, 0.25) is 0 Å². The van der Waals surface area contributed by atoms with Crippen LogP contribution in [0, 0.1) is 0 Å². The van der Waals surface area contributed by atoms with Gasteiger partial charge in [0.15, 0.2) is 0 Å². The number of hydrazine groups is 1. The summed E-state index contributed by atoms with van der Waals surface area (Å²) in [6.07, 6.45) is -4.57. The largest absolute Gasteiger partial charge is 0.416 e. The molecule has 1 aliphatic heterocycles. The van der Waals surface area contributed by atoms with Crippen molar-refractivity contribution in [3.8, 4) is 0 Å². The number of amides is 2. The number of hydrogen-bond donors (Lipinski definition) is 4. The summed E-state index contributed by atoms with van der Waals surface area (Å²) >= 11 is 0. The lowest BCUT2D eigenvalue weighted by atomic mass is 9.83. The van der Waals surface area contributed by atoms with E-state index < -0.39 is 29.0 Å². The topological polar surface area (TPSA) is 115 Å². The number of nitrogens with two attached hydrogens (primary N) is 2. The zero-order valence-electron chi connectivity index (χ0n) is 15.4. The van der Waals surface area contributed by atoms with E-state index in [0.717, 1.165) is 12.1 Å². The van der Waals surface area contributed by atoms with Gasteiger partial charge in [0, 0.05) is 17.8 Å². The summed E-state index contributed by atoms with van der Waals surface area (Å²) in [6.45, 7) is 1.54. The number of hydrogen-bond acceptors (Lipinski definition) is 3. The molecule has 0 saturated heterocycles. The monoisotopic (exact) mass is 406 g/mol. The number of nitrogens with one attached hydrogen (secondary N) is 2. The molecule has 1 unspecified atom stereocenters. The predicted molar refractivity (Wildman–Crippen MR) is 99.4 cm³/mol. The van der Waals surface area contributed by atoms with Gasteiger partial charge in [-0.15, -0.1) is 0 Å². The van der Waals surface area contributed by atoms with E-state index in [1.165, 1.54) is 17.0 Å². The first kappa shape index (κ1) is 20.2. The van der Waals surface area contributed by atoms with Gasteiger partial charge in [-0.2, -0.15) is 18.3 Å². The van der Waals surface area contributed by atoms with E-state index in [0.29, 0.717) is 11.3 Å². The van der Waals surface area contributed by atoms with Crippen molar-refractivity contribution in [3.05, 3.63) is 65.2 Å². The predicted octanol–water partition coefficient (Wildman–Crippen LogP) is 0.00870.